The van der Waals surface area contributed by atoms with Gasteiger partial charge in [0.05, 0.1) is 19.2 Å². The molecule has 0 saturated heterocycles. The third-order valence-corrected chi connectivity index (χ3v) is 6.23. The van der Waals surface area contributed by atoms with Gasteiger partial charge in [0, 0.05) is 31.5 Å². The minimum atomic E-state index is -0.0943. The molecule has 1 atom stereocenters. The maximum Gasteiger partial charge on any atom is 0.242 e. The monoisotopic (exact) mass is 414 g/mol. The number of hydrogen-bond acceptors (Lipinski definition) is 4. The Morgan fingerprint density at radius 1 is 1.24 bits per heavy atom. The summed E-state index contributed by atoms with van der Waals surface area (Å²) in [5, 5.41) is 2.10. The van der Waals surface area contributed by atoms with Crippen LogP contribution in [0, 0.1) is 5.92 Å². The molecule has 1 aliphatic heterocycles. The van der Waals surface area contributed by atoms with Crippen molar-refractivity contribution < 1.29 is 14.3 Å². The fourth-order valence-corrected chi connectivity index (χ4v) is 4.71. The first-order chi connectivity index (χ1) is 14.0. The SMILES string of the molecule is COCCN(CC(=O)N1CCc2sccc2C1c1ccccc1)C(=O)CC(C)C. The second-order valence-electron chi connectivity index (χ2n) is 7.86. The topological polar surface area (TPSA) is 49.9 Å². The average molecular weight is 415 g/mol. The molecule has 3 rings (SSSR count). The molecule has 0 saturated carbocycles. The van der Waals surface area contributed by atoms with Gasteiger partial charge in [-0.1, -0.05) is 44.2 Å². The van der Waals surface area contributed by atoms with Crippen molar-refractivity contribution in [2.45, 2.75) is 32.7 Å². The molecule has 2 amide bonds. The zero-order valence-electron chi connectivity index (χ0n) is 17.5. The van der Waals surface area contributed by atoms with Gasteiger partial charge in [-0.2, -0.15) is 0 Å². The van der Waals surface area contributed by atoms with Gasteiger partial charge in [-0.15, -0.1) is 11.3 Å². The van der Waals surface area contributed by atoms with E-state index in [1.165, 1.54) is 10.4 Å². The molecular weight excluding hydrogens is 384 g/mol. The summed E-state index contributed by atoms with van der Waals surface area (Å²) >= 11 is 1.76. The fraction of sp³-hybridized carbons (Fsp3) is 0.478. The highest BCUT2D eigenvalue weighted by atomic mass is 32.1. The van der Waals surface area contributed by atoms with E-state index in [2.05, 4.69) is 23.6 Å². The van der Waals surface area contributed by atoms with Crippen LogP contribution in [0.1, 0.15) is 42.3 Å². The predicted octanol–water partition coefficient (Wildman–Crippen LogP) is 3.74. The Hall–Kier alpha value is -2.18. The van der Waals surface area contributed by atoms with Crippen LogP contribution >= 0.6 is 11.3 Å². The average Bonchev–Trinajstić information content (AvgIpc) is 3.19. The van der Waals surface area contributed by atoms with Crippen LogP contribution in [-0.2, 0) is 20.7 Å². The van der Waals surface area contributed by atoms with E-state index in [0.717, 1.165) is 12.0 Å². The number of nitrogens with zero attached hydrogens (tertiary/aromatic N) is 2. The molecule has 0 aliphatic carbocycles. The summed E-state index contributed by atoms with van der Waals surface area (Å²) in [7, 11) is 1.61. The quantitative estimate of drug-likeness (QED) is 0.661. The molecule has 0 radical (unpaired) electrons. The van der Waals surface area contributed by atoms with E-state index in [0.29, 0.717) is 26.1 Å². The molecule has 0 bridgehead atoms. The number of carbonyl (C=O) groups is 2. The molecule has 5 nitrogen and oxygen atoms in total. The molecular formula is C23H30N2O3S. The third-order valence-electron chi connectivity index (χ3n) is 5.23. The van der Waals surface area contributed by atoms with Crippen molar-refractivity contribution >= 4 is 23.2 Å². The number of amides is 2. The Labute approximate surface area is 177 Å². The summed E-state index contributed by atoms with van der Waals surface area (Å²) in [6.45, 7) is 5.65. The summed E-state index contributed by atoms with van der Waals surface area (Å²) in [6, 6.07) is 12.2. The van der Waals surface area contributed by atoms with Crippen LogP contribution in [0.15, 0.2) is 41.8 Å². The van der Waals surface area contributed by atoms with E-state index in [1.807, 2.05) is 36.9 Å². The largest absolute Gasteiger partial charge is 0.383 e. The highest BCUT2D eigenvalue weighted by molar-refractivity contribution is 7.10. The van der Waals surface area contributed by atoms with Crippen molar-refractivity contribution in [2.75, 3.05) is 33.4 Å². The normalized spacial score (nSPS) is 16.0. The zero-order valence-corrected chi connectivity index (χ0v) is 18.3. The van der Waals surface area contributed by atoms with Crippen molar-refractivity contribution in [3.05, 3.63) is 57.8 Å². The van der Waals surface area contributed by atoms with Gasteiger partial charge in [0.1, 0.15) is 0 Å². The smallest absolute Gasteiger partial charge is 0.242 e. The number of benzene rings is 1. The van der Waals surface area contributed by atoms with E-state index in [-0.39, 0.29) is 30.3 Å². The minimum absolute atomic E-state index is 0.00916. The molecule has 2 heterocycles. The summed E-state index contributed by atoms with van der Waals surface area (Å²) < 4.78 is 5.16. The molecule has 1 aromatic heterocycles. The number of methoxy groups -OCH3 is 1. The van der Waals surface area contributed by atoms with Crippen molar-refractivity contribution in [2.24, 2.45) is 5.92 Å². The summed E-state index contributed by atoms with van der Waals surface area (Å²) in [4.78, 5) is 31.0. The highest BCUT2D eigenvalue weighted by Crippen LogP contribution is 2.37. The van der Waals surface area contributed by atoms with E-state index in [9.17, 15) is 9.59 Å². The molecule has 0 fully saturated rings. The van der Waals surface area contributed by atoms with Crippen LogP contribution in [0.3, 0.4) is 0 Å². The van der Waals surface area contributed by atoms with Crippen molar-refractivity contribution in [1.29, 1.82) is 0 Å². The van der Waals surface area contributed by atoms with Gasteiger partial charge in [0.25, 0.3) is 0 Å². The Bertz CT molecular complexity index is 819. The minimum Gasteiger partial charge on any atom is -0.383 e. The maximum absolute atomic E-state index is 13.4. The van der Waals surface area contributed by atoms with Gasteiger partial charge < -0.3 is 14.5 Å². The van der Waals surface area contributed by atoms with Gasteiger partial charge >= 0.3 is 0 Å². The predicted molar refractivity (Wildman–Crippen MR) is 116 cm³/mol. The Balaban J connectivity index is 1.82. The van der Waals surface area contributed by atoms with Gasteiger partial charge in [0.2, 0.25) is 11.8 Å². The molecule has 29 heavy (non-hydrogen) atoms. The van der Waals surface area contributed by atoms with Crippen LogP contribution in [-0.4, -0.2) is 55.0 Å². The fourth-order valence-electron chi connectivity index (χ4n) is 3.81. The second-order valence-corrected chi connectivity index (χ2v) is 8.86. The molecule has 1 unspecified atom stereocenters. The number of ether oxygens (including phenoxy) is 1. The Morgan fingerprint density at radius 3 is 2.69 bits per heavy atom. The van der Waals surface area contributed by atoms with E-state index in [1.54, 1.807) is 23.3 Å². The number of rotatable bonds is 8. The van der Waals surface area contributed by atoms with Gasteiger partial charge in [-0.25, -0.2) is 0 Å². The van der Waals surface area contributed by atoms with E-state index < -0.39 is 0 Å². The lowest BCUT2D eigenvalue weighted by Crippen LogP contribution is -2.47. The van der Waals surface area contributed by atoms with E-state index in [4.69, 9.17) is 4.74 Å². The van der Waals surface area contributed by atoms with Crippen LogP contribution in [0.2, 0.25) is 0 Å². The van der Waals surface area contributed by atoms with Crippen LogP contribution in [0.4, 0.5) is 0 Å². The number of fused-ring (bicyclic) bond motifs is 1. The molecule has 1 aliphatic rings. The third kappa shape index (κ3) is 5.25. The molecule has 0 N–H and O–H groups in total. The Morgan fingerprint density at radius 2 is 2.00 bits per heavy atom. The summed E-state index contributed by atoms with van der Waals surface area (Å²) in [5.41, 5.74) is 2.31. The van der Waals surface area contributed by atoms with E-state index >= 15 is 0 Å². The van der Waals surface area contributed by atoms with Gasteiger partial charge in [-0.05, 0) is 34.9 Å². The maximum atomic E-state index is 13.4. The standard InChI is InChI=1S/C23H30N2O3S/c1-17(2)15-21(26)24(12-13-28-3)16-22(27)25-11-9-20-19(10-14-29-20)23(25)18-7-5-4-6-8-18/h4-8,10,14,17,23H,9,11-13,15-16H2,1-3H3. The second kappa shape index (κ2) is 10.0. The molecule has 2 aromatic rings. The first kappa shape index (κ1) is 21.5. The zero-order chi connectivity index (χ0) is 20.8. The summed E-state index contributed by atoms with van der Waals surface area (Å²) in [5.74, 6) is 0.252. The number of hydrogen-bond donors (Lipinski definition) is 0. The number of thiophene rings is 1. The van der Waals surface area contributed by atoms with Crippen LogP contribution in [0.25, 0.3) is 0 Å². The molecule has 1 aromatic carbocycles. The van der Waals surface area contributed by atoms with Crippen molar-refractivity contribution in [3.63, 3.8) is 0 Å². The molecule has 6 heteroatoms. The first-order valence-electron chi connectivity index (χ1n) is 10.2. The van der Waals surface area contributed by atoms with Crippen molar-refractivity contribution in [3.8, 4) is 0 Å². The highest BCUT2D eigenvalue weighted by Gasteiger charge is 2.33. The summed E-state index contributed by atoms with van der Waals surface area (Å²) in [6.07, 6.45) is 1.30. The lowest BCUT2D eigenvalue weighted by Gasteiger charge is -2.37. The Kier molecular flexibility index (Phi) is 7.45. The first-order valence-corrected chi connectivity index (χ1v) is 11.1. The number of carbonyl (C=O) groups excluding carboxylic acids is 2. The van der Waals surface area contributed by atoms with Crippen molar-refractivity contribution in [1.82, 2.24) is 9.80 Å². The lowest BCUT2D eigenvalue weighted by atomic mass is 9.93. The van der Waals surface area contributed by atoms with Crippen LogP contribution < -0.4 is 0 Å². The lowest BCUT2D eigenvalue weighted by molar-refractivity contribution is -0.142. The van der Waals surface area contributed by atoms with Gasteiger partial charge in [-0.3, -0.25) is 9.59 Å². The van der Waals surface area contributed by atoms with Crippen LogP contribution in [0.5, 0.6) is 0 Å². The molecule has 156 valence electrons. The van der Waals surface area contributed by atoms with Gasteiger partial charge in [0.15, 0.2) is 0 Å². The molecule has 0 spiro atoms.